The summed E-state index contributed by atoms with van der Waals surface area (Å²) in [7, 11) is 0. The number of nitrogens with two attached hydrogens (primary N) is 1. The van der Waals surface area contributed by atoms with Crippen LogP contribution in [0.3, 0.4) is 0 Å². The Labute approximate surface area is 209 Å². The van der Waals surface area contributed by atoms with Crippen LogP contribution in [0.5, 0.6) is 0 Å². The molecule has 36 heavy (non-hydrogen) atoms. The van der Waals surface area contributed by atoms with Crippen LogP contribution >= 0.6 is 0 Å². The Morgan fingerprint density at radius 3 is 2.39 bits per heavy atom. The van der Waals surface area contributed by atoms with E-state index in [1.54, 1.807) is 28.8 Å². The summed E-state index contributed by atoms with van der Waals surface area (Å²) in [5, 5.41) is 2.92. The first-order valence-electron chi connectivity index (χ1n) is 12.1. The minimum atomic E-state index is -0.388. The number of nitrogens with one attached hydrogen (secondary N) is 1. The largest absolute Gasteiger partial charge is 0.462 e. The molecule has 1 amide bonds. The number of hydrogen-bond acceptors (Lipinski definition) is 7. The highest BCUT2D eigenvalue weighted by Crippen LogP contribution is 2.31. The van der Waals surface area contributed by atoms with Crippen molar-refractivity contribution < 1.29 is 19.1 Å². The minimum Gasteiger partial charge on any atom is -0.462 e. The zero-order chi connectivity index (χ0) is 25.7. The first-order valence-corrected chi connectivity index (χ1v) is 12.1. The van der Waals surface area contributed by atoms with E-state index in [1.807, 2.05) is 45.0 Å². The Kier molecular flexibility index (Phi) is 7.80. The van der Waals surface area contributed by atoms with Gasteiger partial charge in [-0.2, -0.15) is 0 Å². The van der Waals surface area contributed by atoms with Crippen molar-refractivity contribution in [2.75, 3.05) is 25.5 Å². The topological polar surface area (TPSA) is 121 Å². The summed E-state index contributed by atoms with van der Waals surface area (Å²) in [5.41, 5.74) is 10.1. The maximum Gasteiger partial charge on any atom is 0.338 e. The fraction of sp³-hybridized carbons (Fsp3) is 0.333. The predicted molar refractivity (Wildman–Crippen MR) is 139 cm³/mol. The Hall–Kier alpha value is -3.98. The molecule has 4 rings (SSSR count). The molecule has 0 spiro atoms. The van der Waals surface area contributed by atoms with E-state index in [9.17, 15) is 9.59 Å². The lowest BCUT2D eigenvalue weighted by Crippen LogP contribution is -2.26. The second kappa shape index (κ2) is 11.2. The third-order valence-electron chi connectivity index (χ3n) is 5.58. The lowest BCUT2D eigenvalue weighted by Gasteiger charge is -2.10. The number of aromatic nitrogens is 3. The van der Waals surface area contributed by atoms with Crippen molar-refractivity contribution in [3.63, 3.8) is 0 Å². The highest BCUT2D eigenvalue weighted by atomic mass is 16.5. The molecular weight excluding hydrogens is 458 g/mol. The smallest absolute Gasteiger partial charge is 0.338 e. The number of anilines is 1. The van der Waals surface area contributed by atoms with Crippen molar-refractivity contribution in [3.05, 3.63) is 59.7 Å². The second-order valence-electron chi connectivity index (χ2n) is 8.69. The maximum absolute atomic E-state index is 13.2. The zero-order valence-electron chi connectivity index (χ0n) is 20.8. The van der Waals surface area contributed by atoms with Crippen molar-refractivity contribution in [2.24, 2.45) is 0 Å². The predicted octanol–water partition coefficient (Wildman–Crippen LogP) is 4.27. The van der Waals surface area contributed by atoms with E-state index in [-0.39, 0.29) is 29.4 Å². The fourth-order valence-electron chi connectivity index (χ4n) is 3.85. The monoisotopic (exact) mass is 489 g/mol. The quantitative estimate of drug-likeness (QED) is 0.252. The van der Waals surface area contributed by atoms with Crippen LogP contribution in [-0.2, 0) is 9.47 Å². The average Bonchev–Trinajstić information content (AvgIpc) is 3.16. The molecule has 9 nitrogen and oxygen atoms in total. The molecule has 0 atom stereocenters. The van der Waals surface area contributed by atoms with Gasteiger partial charge in [-0.1, -0.05) is 19.1 Å². The van der Waals surface area contributed by atoms with Crippen molar-refractivity contribution in [1.29, 1.82) is 0 Å². The van der Waals surface area contributed by atoms with Gasteiger partial charge in [-0.3, -0.25) is 9.36 Å². The highest BCUT2D eigenvalue weighted by Gasteiger charge is 2.25. The Morgan fingerprint density at radius 1 is 1.03 bits per heavy atom. The molecule has 4 aromatic rings. The van der Waals surface area contributed by atoms with Crippen LogP contribution in [0.25, 0.3) is 27.9 Å². The number of nitrogens with zero attached hydrogens (tertiary/aromatic N) is 3. The number of carbonyl (C=O) groups excluding carboxylic acids is 2. The Bertz CT molecular complexity index is 1380. The molecule has 188 valence electrons. The lowest BCUT2D eigenvalue weighted by molar-refractivity contribution is 0.0505. The van der Waals surface area contributed by atoms with Gasteiger partial charge in [-0.25, -0.2) is 14.8 Å². The number of rotatable bonds is 10. The van der Waals surface area contributed by atoms with Gasteiger partial charge in [0.05, 0.1) is 29.3 Å². The van der Waals surface area contributed by atoms with Gasteiger partial charge in [0.2, 0.25) is 0 Å². The summed E-state index contributed by atoms with van der Waals surface area (Å²) in [5.74, 6) is -0.497. The number of nitrogen functional groups attached to an aromatic ring is 1. The van der Waals surface area contributed by atoms with Crippen LogP contribution in [0.2, 0.25) is 0 Å². The van der Waals surface area contributed by atoms with E-state index in [0.29, 0.717) is 59.6 Å². The number of carbonyl (C=O) groups is 2. The van der Waals surface area contributed by atoms with Gasteiger partial charge >= 0.3 is 5.97 Å². The molecular formula is C27H31N5O4. The summed E-state index contributed by atoms with van der Waals surface area (Å²) in [4.78, 5) is 34.9. The molecule has 2 heterocycles. The average molecular weight is 490 g/mol. The van der Waals surface area contributed by atoms with E-state index < -0.39 is 0 Å². The van der Waals surface area contributed by atoms with Gasteiger partial charge in [-0.15, -0.1) is 0 Å². The lowest BCUT2D eigenvalue weighted by atomic mass is 10.2. The zero-order valence-corrected chi connectivity index (χ0v) is 20.8. The Balaban J connectivity index is 1.72. The van der Waals surface area contributed by atoms with Gasteiger partial charge < -0.3 is 20.5 Å². The molecule has 2 aromatic heterocycles. The molecule has 0 aliphatic carbocycles. The van der Waals surface area contributed by atoms with E-state index in [2.05, 4.69) is 5.32 Å². The molecule has 0 aliphatic rings. The van der Waals surface area contributed by atoms with E-state index in [0.717, 1.165) is 6.42 Å². The first-order chi connectivity index (χ1) is 17.4. The Morgan fingerprint density at radius 2 is 1.72 bits per heavy atom. The molecule has 0 saturated heterocycles. The van der Waals surface area contributed by atoms with Crippen molar-refractivity contribution >= 4 is 39.9 Å². The number of para-hydroxylation sites is 2. The van der Waals surface area contributed by atoms with Crippen molar-refractivity contribution in [3.8, 4) is 5.69 Å². The van der Waals surface area contributed by atoms with Gasteiger partial charge in [0.15, 0.2) is 5.65 Å². The summed E-state index contributed by atoms with van der Waals surface area (Å²) in [6.45, 7) is 7.23. The van der Waals surface area contributed by atoms with Crippen LogP contribution in [0, 0.1) is 0 Å². The van der Waals surface area contributed by atoms with Crippen molar-refractivity contribution in [1.82, 2.24) is 19.9 Å². The van der Waals surface area contributed by atoms with Gasteiger partial charge in [0.25, 0.3) is 5.91 Å². The molecule has 3 N–H and O–H groups in total. The number of hydrogen-bond donors (Lipinski definition) is 2. The fourth-order valence-corrected chi connectivity index (χ4v) is 3.85. The summed E-state index contributed by atoms with van der Waals surface area (Å²) in [6.07, 6.45) is 1.56. The van der Waals surface area contributed by atoms with E-state index >= 15 is 0 Å². The number of benzene rings is 2. The third-order valence-corrected chi connectivity index (χ3v) is 5.58. The number of fused-ring (bicyclic) bond motifs is 2. The molecule has 0 fully saturated rings. The normalized spacial score (nSPS) is 11.3. The summed E-state index contributed by atoms with van der Waals surface area (Å²) in [6, 6.07) is 14.3. The standard InChI is InChI=1S/C27H31N5O4/c1-4-15-36-27(34)18-10-12-19(13-11-18)32-24(28)22(26(33)29-14-7-16-35-17(2)3)23-25(32)31-21-9-6-5-8-20(21)30-23/h5-6,8-13,17H,4,7,14-16,28H2,1-3H3,(H,29,33). The van der Waals surface area contributed by atoms with Gasteiger partial charge in [0.1, 0.15) is 16.9 Å². The third kappa shape index (κ3) is 5.31. The number of amides is 1. The highest BCUT2D eigenvalue weighted by molar-refractivity contribution is 6.11. The second-order valence-corrected chi connectivity index (χ2v) is 8.69. The van der Waals surface area contributed by atoms with Crippen molar-refractivity contribution in [2.45, 2.75) is 39.7 Å². The van der Waals surface area contributed by atoms with Gasteiger partial charge in [-0.05, 0) is 63.1 Å². The van der Waals surface area contributed by atoms with E-state index in [1.165, 1.54) is 0 Å². The molecule has 0 unspecified atom stereocenters. The summed E-state index contributed by atoms with van der Waals surface area (Å²) < 4.78 is 12.4. The van der Waals surface area contributed by atoms with Crippen LogP contribution in [0.15, 0.2) is 48.5 Å². The molecule has 0 saturated carbocycles. The molecule has 0 aliphatic heterocycles. The first kappa shape index (κ1) is 25.1. The van der Waals surface area contributed by atoms with Gasteiger partial charge in [0, 0.05) is 18.8 Å². The minimum absolute atomic E-state index is 0.137. The van der Waals surface area contributed by atoms with Crippen LogP contribution in [0.1, 0.15) is 54.3 Å². The molecule has 0 radical (unpaired) electrons. The van der Waals surface area contributed by atoms with Crippen LogP contribution < -0.4 is 11.1 Å². The van der Waals surface area contributed by atoms with Crippen LogP contribution in [0.4, 0.5) is 5.82 Å². The molecule has 0 bridgehead atoms. The van der Waals surface area contributed by atoms with Crippen LogP contribution in [-0.4, -0.2) is 52.3 Å². The number of esters is 1. The molecule has 2 aromatic carbocycles. The molecule has 9 heteroatoms. The SMILES string of the molecule is CCCOC(=O)c1ccc(-n2c(N)c(C(=O)NCCCOC(C)C)c3nc4ccccc4nc32)cc1. The maximum atomic E-state index is 13.2. The number of ether oxygens (including phenoxy) is 2. The summed E-state index contributed by atoms with van der Waals surface area (Å²) >= 11 is 0. The van der Waals surface area contributed by atoms with E-state index in [4.69, 9.17) is 25.2 Å².